The lowest BCUT2D eigenvalue weighted by Gasteiger charge is -2.17. The van der Waals surface area contributed by atoms with E-state index in [0.29, 0.717) is 0 Å². The molecule has 1 aromatic heterocycles. The highest BCUT2D eigenvalue weighted by Gasteiger charge is 2.18. The smallest absolute Gasteiger partial charge is 0.256 e. The Morgan fingerprint density at radius 1 is 0.842 bits per heavy atom. The van der Waals surface area contributed by atoms with Crippen molar-refractivity contribution in [1.29, 1.82) is 0 Å². The van der Waals surface area contributed by atoms with E-state index in [1.807, 2.05) is 4.57 Å². The molecule has 0 radical (unpaired) electrons. The Labute approximate surface area is 120 Å². The predicted octanol–water partition coefficient (Wildman–Crippen LogP) is 3.05. The molecule has 1 aliphatic heterocycles. The molecule has 1 aliphatic carbocycles. The van der Waals surface area contributed by atoms with Gasteiger partial charge in [-0.2, -0.15) is 0 Å². The zero-order chi connectivity index (χ0) is 12.4. The monoisotopic (exact) mass is 282 g/mol. The first-order valence-corrected chi connectivity index (χ1v) is 7.48. The molecule has 0 amide bonds. The van der Waals surface area contributed by atoms with Gasteiger partial charge in [-0.25, -0.2) is 4.98 Å². The van der Waals surface area contributed by atoms with E-state index in [0.717, 1.165) is 55.7 Å². The minimum atomic E-state index is 0. The lowest BCUT2D eigenvalue weighted by Crippen LogP contribution is -2.30. The average molecular weight is 283 g/mol. The number of aromatic nitrogens is 2. The summed E-state index contributed by atoms with van der Waals surface area (Å²) in [5.41, 5.74) is 2.42. The first kappa shape index (κ1) is 14.6. The van der Waals surface area contributed by atoms with Crippen LogP contribution < -0.4 is 5.56 Å². The van der Waals surface area contributed by atoms with Crippen molar-refractivity contribution < 1.29 is 0 Å². The van der Waals surface area contributed by atoms with Crippen molar-refractivity contribution >= 4 is 12.4 Å². The summed E-state index contributed by atoms with van der Waals surface area (Å²) in [6, 6.07) is 0. The molecule has 2 heterocycles. The van der Waals surface area contributed by atoms with Crippen molar-refractivity contribution in [3.05, 3.63) is 27.4 Å². The van der Waals surface area contributed by atoms with Crippen LogP contribution in [-0.2, 0) is 25.8 Å². The summed E-state index contributed by atoms with van der Waals surface area (Å²) in [7, 11) is 0. The minimum Gasteiger partial charge on any atom is -0.296 e. The van der Waals surface area contributed by atoms with E-state index < -0.39 is 0 Å². The Kier molecular flexibility index (Phi) is 5.03. The van der Waals surface area contributed by atoms with Gasteiger partial charge < -0.3 is 0 Å². The van der Waals surface area contributed by atoms with Crippen molar-refractivity contribution in [2.45, 2.75) is 70.8 Å². The maximum absolute atomic E-state index is 12.6. The van der Waals surface area contributed by atoms with Gasteiger partial charge in [-0.15, -0.1) is 12.4 Å². The molecule has 4 heteroatoms. The lowest BCUT2D eigenvalue weighted by atomic mass is 9.98. The minimum absolute atomic E-state index is 0. The number of halogens is 1. The normalized spacial score (nSPS) is 19.2. The highest BCUT2D eigenvalue weighted by Crippen LogP contribution is 2.18. The van der Waals surface area contributed by atoms with Crippen LogP contribution in [0.2, 0.25) is 0 Å². The molecule has 0 saturated heterocycles. The Hall–Kier alpha value is -0.830. The highest BCUT2D eigenvalue weighted by molar-refractivity contribution is 5.85. The maximum atomic E-state index is 12.6. The van der Waals surface area contributed by atoms with Crippen molar-refractivity contribution in [3.63, 3.8) is 0 Å². The van der Waals surface area contributed by atoms with Crippen LogP contribution in [0.25, 0.3) is 0 Å². The first-order valence-electron chi connectivity index (χ1n) is 7.48. The summed E-state index contributed by atoms with van der Waals surface area (Å²) in [5, 5.41) is 0. The van der Waals surface area contributed by atoms with Gasteiger partial charge in [0, 0.05) is 18.5 Å². The Morgan fingerprint density at radius 3 is 2.37 bits per heavy atom. The van der Waals surface area contributed by atoms with E-state index in [2.05, 4.69) is 0 Å². The average Bonchev–Trinajstić information content (AvgIpc) is 2.57. The molecule has 0 saturated carbocycles. The quantitative estimate of drug-likeness (QED) is 0.733. The van der Waals surface area contributed by atoms with Crippen LogP contribution in [0.5, 0.6) is 0 Å². The molecular formula is C15H23ClN2O. The second-order valence-corrected chi connectivity index (χ2v) is 5.63. The number of fused-ring (bicyclic) bond motifs is 2. The molecule has 0 fully saturated rings. The summed E-state index contributed by atoms with van der Waals surface area (Å²) in [6.07, 6.45) is 11.4. The summed E-state index contributed by atoms with van der Waals surface area (Å²) >= 11 is 0. The second-order valence-electron chi connectivity index (χ2n) is 5.63. The zero-order valence-electron chi connectivity index (χ0n) is 11.5. The van der Waals surface area contributed by atoms with E-state index in [9.17, 15) is 4.79 Å². The third-order valence-corrected chi connectivity index (χ3v) is 4.30. The SMILES string of the molecule is Cl.O=c1c2c(nc3n1CCCCC3)CCCCCC2. The van der Waals surface area contributed by atoms with E-state index in [1.54, 1.807) is 0 Å². The molecule has 1 aromatic rings. The summed E-state index contributed by atoms with van der Waals surface area (Å²) < 4.78 is 1.97. The van der Waals surface area contributed by atoms with Crippen LogP contribution in [0.4, 0.5) is 0 Å². The van der Waals surface area contributed by atoms with Gasteiger partial charge in [0.15, 0.2) is 0 Å². The zero-order valence-corrected chi connectivity index (χ0v) is 12.3. The third-order valence-electron chi connectivity index (χ3n) is 4.30. The molecule has 106 valence electrons. The predicted molar refractivity (Wildman–Crippen MR) is 79.2 cm³/mol. The van der Waals surface area contributed by atoms with Crippen LogP contribution >= 0.6 is 12.4 Å². The van der Waals surface area contributed by atoms with E-state index >= 15 is 0 Å². The van der Waals surface area contributed by atoms with E-state index in [-0.39, 0.29) is 18.0 Å². The molecule has 0 spiro atoms. The fourth-order valence-electron chi connectivity index (χ4n) is 3.24. The van der Waals surface area contributed by atoms with E-state index in [1.165, 1.54) is 32.1 Å². The Morgan fingerprint density at radius 2 is 1.53 bits per heavy atom. The fraction of sp³-hybridized carbons (Fsp3) is 0.733. The number of hydrogen-bond donors (Lipinski definition) is 0. The molecular weight excluding hydrogens is 260 g/mol. The fourth-order valence-corrected chi connectivity index (χ4v) is 3.24. The maximum Gasteiger partial charge on any atom is 0.256 e. The van der Waals surface area contributed by atoms with Gasteiger partial charge in [-0.1, -0.05) is 19.3 Å². The third kappa shape index (κ3) is 3.02. The van der Waals surface area contributed by atoms with Gasteiger partial charge in [-0.3, -0.25) is 9.36 Å². The van der Waals surface area contributed by atoms with Gasteiger partial charge in [0.25, 0.3) is 5.56 Å². The van der Waals surface area contributed by atoms with Crippen LogP contribution in [0.15, 0.2) is 4.79 Å². The topological polar surface area (TPSA) is 34.9 Å². The number of rotatable bonds is 0. The number of nitrogens with zero attached hydrogens (tertiary/aromatic N) is 2. The molecule has 0 bridgehead atoms. The van der Waals surface area contributed by atoms with Crippen LogP contribution in [0.1, 0.15) is 62.0 Å². The van der Waals surface area contributed by atoms with Gasteiger partial charge in [0.2, 0.25) is 0 Å². The van der Waals surface area contributed by atoms with Crippen molar-refractivity contribution in [3.8, 4) is 0 Å². The van der Waals surface area contributed by atoms with Crippen molar-refractivity contribution in [2.24, 2.45) is 0 Å². The summed E-state index contributed by atoms with van der Waals surface area (Å²) in [5.74, 6) is 1.05. The van der Waals surface area contributed by atoms with E-state index in [4.69, 9.17) is 4.98 Å². The second kappa shape index (κ2) is 6.56. The largest absolute Gasteiger partial charge is 0.296 e. The van der Waals surface area contributed by atoms with Crippen molar-refractivity contribution in [2.75, 3.05) is 0 Å². The van der Waals surface area contributed by atoms with Gasteiger partial charge >= 0.3 is 0 Å². The Bertz CT molecular complexity index is 496. The molecule has 0 atom stereocenters. The number of aryl methyl sites for hydroxylation is 2. The van der Waals surface area contributed by atoms with Crippen molar-refractivity contribution in [1.82, 2.24) is 9.55 Å². The van der Waals surface area contributed by atoms with Crippen LogP contribution in [0.3, 0.4) is 0 Å². The molecule has 0 N–H and O–H groups in total. The molecule has 3 nitrogen and oxygen atoms in total. The standard InChI is InChI=1S/C15H22N2O.ClH/c18-15-12-8-4-1-2-5-9-13(12)16-14-10-6-3-7-11-17(14)15;/h1-11H2;1H. The summed E-state index contributed by atoms with van der Waals surface area (Å²) in [4.78, 5) is 17.4. The molecule has 2 aliphatic rings. The molecule has 19 heavy (non-hydrogen) atoms. The lowest BCUT2D eigenvalue weighted by molar-refractivity contribution is 0.564. The summed E-state index contributed by atoms with van der Waals surface area (Å²) in [6.45, 7) is 0.883. The van der Waals surface area contributed by atoms with Crippen LogP contribution in [-0.4, -0.2) is 9.55 Å². The number of hydrogen-bond acceptors (Lipinski definition) is 2. The molecule has 0 aromatic carbocycles. The Balaban J connectivity index is 0.00000133. The van der Waals surface area contributed by atoms with Gasteiger partial charge in [0.05, 0.1) is 5.69 Å². The molecule has 3 rings (SSSR count). The van der Waals surface area contributed by atoms with Crippen LogP contribution in [0, 0.1) is 0 Å². The molecule has 0 unspecified atom stereocenters. The first-order chi connectivity index (χ1) is 8.86. The van der Waals surface area contributed by atoms with Gasteiger partial charge in [0.1, 0.15) is 5.82 Å². The van der Waals surface area contributed by atoms with Gasteiger partial charge in [-0.05, 0) is 38.5 Å². The highest BCUT2D eigenvalue weighted by atomic mass is 35.5.